The van der Waals surface area contributed by atoms with Crippen molar-refractivity contribution in [3.05, 3.63) is 65.7 Å². The summed E-state index contributed by atoms with van der Waals surface area (Å²) in [7, 11) is 1.69. The van der Waals surface area contributed by atoms with Crippen LogP contribution in [0.5, 0.6) is 5.75 Å². The molecule has 1 aliphatic heterocycles. The van der Waals surface area contributed by atoms with Crippen LogP contribution in [0, 0.1) is 5.41 Å². The van der Waals surface area contributed by atoms with Crippen LogP contribution >= 0.6 is 0 Å². The second kappa shape index (κ2) is 7.83. The molecule has 0 unspecified atom stereocenters. The summed E-state index contributed by atoms with van der Waals surface area (Å²) in [6, 6.07) is 18.2. The minimum absolute atomic E-state index is 0.174. The maximum atomic E-state index is 6.95. The second-order valence-electron chi connectivity index (χ2n) is 5.55. The highest BCUT2D eigenvalue weighted by Gasteiger charge is 2.34. The SMILES string of the molecule is N=CO[B][C@@H](Cc1ccc(OCc2ccccc2)cc1)[C@H]1CO1. The molecule has 23 heavy (non-hydrogen) atoms. The van der Waals surface area contributed by atoms with Crippen LogP contribution in [0.4, 0.5) is 0 Å². The summed E-state index contributed by atoms with van der Waals surface area (Å²) in [6.07, 6.45) is 1.98. The molecule has 0 spiro atoms. The van der Waals surface area contributed by atoms with Gasteiger partial charge in [0.05, 0.1) is 12.7 Å². The summed E-state index contributed by atoms with van der Waals surface area (Å²) in [5, 5.41) is 6.95. The zero-order valence-electron chi connectivity index (χ0n) is 12.9. The van der Waals surface area contributed by atoms with Gasteiger partial charge in [-0.05, 0) is 29.7 Å². The molecule has 0 saturated carbocycles. The molecule has 1 saturated heterocycles. The molecule has 2 aromatic rings. The number of benzene rings is 2. The molecule has 1 aliphatic rings. The summed E-state index contributed by atoms with van der Waals surface area (Å²) in [4.78, 5) is 0. The minimum Gasteiger partial charge on any atom is -0.555 e. The predicted octanol–water partition coefficient (Wildman–Crippen LogP) is 3.24. The van der Waals surface area contributed by atoms with Crippen LogP contribution in [0.2, 0.25) is 5.82 Å². The van der Waals surface area contributed by atoms with E-state index >= 15 is 0 Å². The molecule has 117 valence electrons. The maximum Gasteiger partial charge on any atom is 0.377 e. The number of rotatable bonds is 9. The lowest BCUT2D eigenvalue weighted by Crippen LogP contribution is -2.15. The van der Waals surface area contributed by atoms with Gasteiger partial charge in [-0.2, -0.15) is 0 Å². The third-order valence-corrected chi connectivity index (χ3v) is 3.80. The van der Waals surface area contributed by atoms with Gasteiger partial charge < -0.3 is 14.1 Å². The molecule has 0 bridgehead atoms. The smallest absolute Gasteiger partial charge is 0.377 e. The first-order valence-corrected chi connectivity index (χ1v) is 7.70. The number of epoxide rings is 1. The first kappa shape index (κ1) is 15.6. The third kappa shape index (κ3) is 4.86. The molecule has 2 atom stereocenters. The van der Waals surface area contributed by atoms with E-state index in [1.54, 1.807) is 7.48 Å². The molecule has 0 amide bonds. The Morgan fingerprint density at radius 1 is 1.13 bits per heavy atom. The summed E-state index contributed by atoms with van der Waals surface area (Å²) in [5.41, 5.74) is 2.35. The fourth-order valence-corrected chi connectivity index (χ4v) is 2.44. The lowest BCUT2D eigenvalue weighted by molar-refractivity contribution is 0.306. The van der Waals surface area contributed by atoms with Crippen LogP contribution in [0.15, 0.2) is 54.6 Å². The van der Waals surface area contributed by atoms with E-state index in [1.807, 2.05) is 42.5 Å². The molecule has 1 N–H and O–H groups in total. The Bertz CT molecular complexity index is 614. The molecule has 1 radical (unpaired) electrons. The Kier molecular flexibility index (Phi) is 5.32. The second-order valence-corrected chi connectivity index (χ2v) is 5.55. The molecule has 4 nitrogen and oxygen atoms in total. The lowest BCUT2D eigenvalue weighted by atomic mass is 9.74. The van der Waals surface area contributed by atoms with E-state index in [9.17, 15) is 0 Å². The van der Waals surface area contributed by atoms with E-state index in [1.165, 1.54) is 5.56 Å². The van der Waals surface area contributed by atoms with Gasteiger partial charge in [0.1, 0.15) is 18.8 Å². The fraction of sp³-hybridized carbons (Fsp3) is 0.278. The van der Waals surface area contributed by atoms with Gasteiger partial charge in [-0.15, -0.1) is 0 Å². The summed E-state index contributed by atoms with van der Waals surface area (Å²) < 4.78 is 16.1. The van der Waals surface area contributed by atoms with Gasteiger partial charge in [0.15, 0.2) is 0 Å². The molecule has 0 aromatic heterocycles. The summed E-state index contributed by atoms with van der Waals surface area (Å²) in [6.45, 7) is 1.33. The van der Waals surface area contributed by atoms with Crippen LogP contribution in [-0.2, 0) is 22.4 Å². The fourth-order valence-electron chi connectivity index (χ4n) is 2.44. The van der Waals surface area contributed by atoms with Gasteiger partial charge in [0.25, 0.3) is 0 Å². The van der Waals surface area contributed by atoms with E-state index in [4.69, 9.17) is 19.5 Å². The lowest BCUT2D eigenvalue weighted by Gasteiger charge is -2.12. The Morgan fingerprint density at radius 2 is 1.87 bits per heavy atom. The van der Waals surface area contributed by atoms with Gasteiger partial charge >= 0.3 is 7.48 Å². The number of hydrogen-bond donors (Lipinski definition) is 1. The van der Waals surface area contributed by atoms with Crippen molar-refractivity contribution in [3.8, 4) is 5.75 Å². The van der Waals surface area contributed by atoms with Crippen LogP contribution in [-0.4, -0.2) is 26.6 Å². The van der Waals surface area contributed by atoms with Crippen molar-refractivity contribution in [1.82, 2.24) is 0 Å². The van der Waals surface area contributed by atoms with Crippen LogP contribution < -0.4 is 4.74 Å². The largest absolute Gasteiger partial charge is 0.555 e. The normalized spacial score (nSPS) is 17.1. The average Bonchev–Trinajstić information content (AvgIpc) is 3.44. The van der Waals surface area contributed by atoms with Gasteiger partial charge in [0, 0.05) is 5.82 Å². The van der Waals surface area contributed by atoms with E-state index in [0.717, 1.165) is 30.7 Å². The number of ether oxygens (including phenoxy) is 2. The first-order valence-electron chi connectivity index (χ1n) is 7.70. The molecule has 1 fully saturated rings. The van der Waals surface area contributed by atoms with Crippen LogP contribution in [0.1, 0.15) is 11.1 Å². The first-order chi connectivity index (χ1) is 11.3. The summed E-state index contributed by atoms with van der Waals surface area (Å²) in [5.74, 6) is 1.03. The molecule has 5 heteroatoms. The predicted molar refractivity (Wildman–Crippen MR) is 90.0 cm³/mol. The van der Waals surface area contributed by atoms with Crippen molar-refractivity contribution in [1.29, 1.82) is 5.41 Å². The van der Waals surface area contributed by atoms with Gasteiger partial charge in [0.2, 0.25) is 0 Å². The molecule has 0 aliphatic carbocycles. The van der Waals surface area contributed by atoms with E-state index in [0.29, 0.717) is 6.61 Å². The molecule has 3 rings (SSSR count). The van der Waals surface area contributed by atoms with Crippen molar-refractivity contribution in [3.63, 3.8) is 0 Å². The van der Waals surface area contributed by atoms with Gasteiger partial charge in [-0.3, -0.25) is 5.41 Å². The molecule has 1 heterocycles. The van der Waals surface area contributed by atoms with Crippen molar-refractivity contribution in [2.75, 3.05) is 6.61 Å². The Labute approximate surface area is 137 Å². The number of hydrogen-bond acceptors (Lipinski definition) is 4. The van der Waals surface area contributed by atoms with Crippen molar-refractivity contribution in [2.24, 2.45) is 0 Å². The van der Waals surface area contributed by atoms with E-state index < -0.39 is 0 Å². The van der Waals surface area contributed by atoms with Crippen molar-refractivity contribution in [2.45, 2.75) is 24.9 Å². The summed E-state index contributed by atoms with van der Waals surface area (Å²) >= 11 is 0. The van der Waals surface area contributed by atoms with Crippen molar-refractivity contribution >= 4 is 13.9 Å². The van der Waals surface area contributed by atoms with Crippen LogP contribution in [0.3, 0.4) is 0 Å². The standard InChI is InChI=1S/C18H19BNO3/c20-13-23-19-17(18-12-22-18)10-14-6-8-16(9-7-14)21-11-15-4-2-1-3-5-15/h1-9,13,17-18,20H,10-12H2/t17-,18+/m0/s1. The quantitative estimate of drug-likeness (QED) is 0.335. The molecular formula is C18H19BNO3. The Morgan fingerprint density at radius 3 is 2.52 bits per heavy atom. The van der Waals surface area contributed by atoms with E-state index in [2.05, 4.69) is 12.1 Å². The Balaban J connectivity index is 1.52. The topological polar surface area (TPSA) is 54.8 Å². The molecule has 2 aromatic carbocycles. The monoisotopic (exact) mass is 308 g/mol. The number of nitrogens with one attached hydrogen (secondary N) is 1. The minimum atomic E-state index is 0.174. The Hall–Kier alpha value is -2.27. The zero-order valence-corrected chi connectivity index (χ0v) is 12.9. The van der Waals surface area contributed by atoms with E-state index in [-0.39, 0.29) is 11.9 Å². The van der Waals surface area contributed by atoms with Gasteiger partial charge in [-0.1, -0.05) is 42.5 Å². The highest BCUT2D eigenvalue weighted by molar-refractivity contribution is 6.32. The van der Waals surface area contributed by atoms with Crippen molar-refractivity contribution < 1.29 is 14.1 Å². The van der Waals surface area contributed by atoms with Crippen LogP contribution in [0.25, 0.3) is 0 Å². The zero-order chi connectivity index (χ0) is 15.9. The van der Waals surface area contributed by atoms with Gasteiger partial charge in [-0.25, -0.2) is 0 Å². The molecular weight excluding hydrogens is 289 g/mol. The average molecular weight is 308 g/mol. The highest BCUT2D eigenvalue weighted by atomic mass is 16.6. The maximum absolute atomic E-state index is 6.95. The highest BCUT2D eigenvalue weighted by Crippen LogP contribution is 2.29. The third-order valence-electron chi connectivity index (χ3n) is 3.80.